The third-order valence-electron chi connectivity index (χ3n) is 4.35. The lowest BCUT2D eigenvalue weighted by Gasteiger charge is -2.23. The van der Waals surface area contributed by atoms with E-state index in [1.807, 2.05) is 30.3 Å². The SMILES string of the molecule is CC(=O)NCc1ccc(S(=O)(=O)N2CCCC2Cc2ccccc2)s1. The van der Waals surface area contributed by atoms with Crippen molar-refractivity contribution in [3.8, 4) is 0 Å². The molecular weight excluding hydrogens is 356 g/mol. The molecule has 2 aromatic rings. The van der Waals surface area contributed by atoms with Gasteiger partial charge in [-0.2, -0.15) is 4.31 Å². The van der Waals surface area contributed by atoms with Crippen molar-refractivity contribution in [2.75, 3.05) is 6.54 Å². The number of rotatable bonds is 6. The zero-order chi connectivity index (χ0) is 17.9. The molecule has 0 radical (unpaired) electrons. The number of thiophene rings is 1. The van der Waals surface area contributed by atoms with Crippen molar-refractivity contribution in [1.82, 2.24) is 9.62 Å². The van der Waals surface area contributed by atoms with Crippen LogP contribution in [-0.2, 0) is 27.8 Å². The average Bonchev–Trinajstić information content (AvgIpc) is 3.23. The first kappa shape index (κ1) is 18.1. The van der Waals surface area contributed by atoms with E-state index < -0.39 is 10.0 Å². The van der Waals surface area contributed by atoms with Crippen LogP contribution in [0.15, 0.2) is 46.7 Å². The van der Waals surface area contributed by atoms with Crippen LogP contribution in [0.3, 0.4) is 0 Å². The Labute approximate surface area is 152 Å². The zero-order valence-corrected chi connectivity index (χ0v) is 15.8. The van der Waals surface area contributed by atoms with Crippen LogP contribution in [0, 0.1) is 0 Å². The van der Waals surface area contributed by atoms with Gasteiger partial charge in [0.2, 0.25) is 5.91 Å². The first-order valence-corrected chi connectivity index (χ1v) is 10.6. The predicted molar refractivity (Wildman–Crippen MR) is 98.9 cm³/mol. The third-order valence-corrected chi connectivity index (χ3v) is 7.85. The largest absolute Gasteiger partial charge is 0.351 e. The summed E-state index contributed by atoms with van der Waals surface area (Å²) in [6, 6.07) is 13.4. The average molecular weight is 379 g/mol. The van der Waals surface area contributed by atoms with Gasteiger partial charge in [-0.1, -0.05) is 30.3 Å². The second-order valence-electron chi connectivity index (χ2n) is 6.23. The van der Waals surface area contributed by atoms with Crippen molar-refractivity contribution >= 4 is 27.3 Å². The monoisotopic (exact) mass is 378 g/mol. The van der Waals surface area contributed by atoms with Gasteiger partial charge in [0.1, 0.15) is 4.21 Å². The Kier molecular flexibility index (Phi) is 5.56. The van der Waals surface area contributed by atoms with E-state index in [4.69, 9.17) is 0 Å². The molecule has 0 saturated carbocycles. The normalized spacial score (nSPS) is 18.4. The van der Waals surface area contributed by atoms with Crippen LogP contribution < -0.4 is 5.32 Å². The topological polar surface area (TPSA) is 66.5 Å². The molecule has 0 aliphatic carbocycles. The van der Waals surface area contributed by atoms with Crippen molar-refractivity contribution < 1.29 is 13.2 Å². The van der Waals surface area contributed by atoms with Gasteiger partial charge in [-0.25, -0.2) is 8.42 Å². The van der Waals surface area contributed by atoms with Crippen molar-refractivity contribution in [3.05, 3.63) is 52.9 Å². The first-order valence-electron chi connectivity index (χ1n) is 8.36. The third kappa shape index (κ3) is 4.29. The molecule has 1 atom stereocenters. The van der Waals surface area contributed by atoms with Crippen molar-refractivity contribution in [2.24, 2.45) is 0 Å². The summed E-state index contributed by atoms with van der Waals surface area (Å²) in [6.45, 7) is 2.38. The summed E-state index contributed by atoms with van der Waals surface area (Å²) in [5.74, 6) is -0.125. The fraction of sp³-hybridized carbons (Fsp3) is 0.389. The molecule has 1 aliphatic heterocycles. The lowest BCUT2D eigenvalue weighted by atomic mass is 10.1. The Morgan fingerprint density at radius 2 is 2.00 bits per heavy atom. The van der Waals surface area contributed by atoms with Gasteiger partial charge in [0.15, 0.2) is 0 Å². The molecule has 3 rings (SSSR count). The van der Waals surface area contributed by atoms with E-state index in [0.717, 1.165) is 29.7 Å². The van der Waals surface area contributed by atoms with E-state index in [1.165, 1.54) is 18.3 Å². The smallest absolute Gasteiger partial charge is 0.252 e. The van der Waals surface area contributed by atoms with Crippen LogP contribution >= 0.6 is 11.3 Å². The maximum atomic E-state index is 13.0. The van der Waals surface area contributed by atoms with Gasteiger partial charge >= 0.3 is 0 Å². The molecule has 1 aromatic carbocycles. The van der Waals surface area contributed by atoms with Gasteiger partial charge in [-0.05, 0) is 37.0 Å². The van der Waals surface area contributed by atoms with Gasteiger partial charge < -0.3 is 5.32 Å². The molecule has 1 saturated heterocycles. The fourth-order valence-electron chi connectivity index (χ4n) is 3.13. The number of benzene rings is 1. The molecule has 0 bridgehead atoms. The summed E-state index contributed by atoms with van der Waals surface area (Å²) < 4.78 is 28.1. The van der Waals surface area contributed by atoms with Crippen molar-refractivity contribution in [1.29, 1.82) is 0 Å². The molecular formula is C18H22N2O3S2. The summed E-state index contributed by atoms with van der Waals surface area (Å²) in [5, 5.41) is 2.70. The predicted octanol–water partition coefficient (Wildman–Crippen LogP) is 2.78. The lowest BCUT2D eigenvalue weighted by molar-refractivity contribution is -0.119. The van der Waals surface area contributed by atoms with E-state index >= 15 is 0 Å². The molecule has 0 spiro atoms. The summed E-state index contributed by atoms with van der Waals surface area (Å²) >= 11 is 1.23. The van der Waals surface area contributed by atoms with Gasteiger partial charge in [-0.15, -0.1) is 11.3 Å². The van der Waals surface area contributed by atoms with Gasteiger partial charge in [0, 0.05) is 24.4 Å². The molecule has 1 unspecified atom stereocenters. The minimum absolute atomic E-state index is 0.00768. The van der Waals surface area contributed by atoms with E-state index in [2.05, 4.69) is 5.32 Å². The maximum absolute atomic E-state index is 13.0. The lowest BCUT2D eigenvalue weighted by Crippen LogP contribution is -2.36. The van der Waals surface area contributed by atoms with E-state index in [9.17, 15) is 13.2 Å². The highest BCUT2D eigenvalue weighted by atomic mass is 32.2. The number of nitrogens with one attached hydrogen (secondary N) is 1. The molecule has 1 N–H and O–H groups in total. The minimum Gasteiger partial charge on any atom is -0.351 e. The van der Waals surface area contributed by atoms with Crippen LogP contribution in [0.2, 0.25) is 0 Å². The van der Waals surface area contributed by atoms with Crippen molar-refractivity contribution in [2.45, 2.75) is 43.0 Å². The van der Waals surface area contributed by atoms with E-state index in [1.54, 1.807) is 16.4 Å². The summed E-state index contributed by atoms with van der Waals surface area (Å²) in [6.07, 6.45) is 2.52. The molecule has 2 heterocycles. The Morgan fingerprint density at radius 3 is 2.72 bits per heavy atom. The Hall–Kier alpha value is -1.70. The van der Waals surface area contributed by atoms with Crippen LogP contribution in [0.5, 0.6) is 0 Å². The Bertz CT molecular complexity index is 831. The number of carbonyl (C=O) groups excluding carboxylic acids is 1. The summed E-state index contributed by atoms with van der Waals surface area (Å²) in [5.41, 5.74) is 1.16. The van der Waals surface area contributed by atoms with Crippen LogP contribution in [-0.4, -0.2) is 31.2 Å². The highest BCUT2D eigenvalue weighted by Gasteiger charge is 2.36. The molecule has 134 valence electrons. The van der Waals surface area contributed by atoms with Crippen LogP contribution in [0.4, 0.5) is 0 Å². The highest BCUT2D eigenvalue weighted by molar-refractivity contribution is 7.91. The number of sulfonamides is 1. The Morgan fingerprint density at radius 1 is 1.24 bits per heavy atom. The molecule has 1 aliphatic rings. The maximum Gasteiger partial charge on any atom is 0.252 e. The zero-order valence-electron chi connectivity index (χ0n) is 14.1. The minimum atomic E-state index is -3.49. The summed E-state index contributed by atoms with van der Waals surface area (Å²) in [7, 11) is -3.49. The fourth-order valence-corrected chi connectivity index (χ4v) is 6.25. The van der Waals surface area contributed by atoms with Crippen LogP contribution in [0.25, 0.3) is 0 Å². The number of amides is 1. The second-order valence-corrected chi connectivity index (χ2v) is 9.52. The molecule has 7 heteroatoms. The highest BCUT2D eigenvalue weighted by Crippen LogP contribution is 2.31. The molecule has 1 aromatic heterocycles. The standard InChI is InChI=1S/C18H22N2O3S2/c1-14(21)19-13-17-9-10-18(24-17)25(22,23)20-11-5-8-16(20)12-15-6-3-2-4-7-15/h2-4,6-7,9-10,16H,5,8,11-13H2,1H3,(H,19,21). The Balaban J connectivity index is 1.75. The molecule has 25 heavy (non-hydrogen) atoms. The summed E-state index contributed by atoms with van der Waals surface area (Å²) in [4.78, 5) is 11.9. The number of nitrogens with zero attached hydrogens (tertiary/aromatic N) is 1. The number of hydrogen-bond acceptors (Lipinski definition) is 4. The number of carbonyl (C=O) groups is 1. The second kappa shape index (κ2) is 7.68. The molecule has 1 amide bonds. The van der Waals surface area contributed by atoms with Crippen LogP contribution in [0.1, 0.15) is 30.2 Å². The molecule has 5 nitrogen and oxygen atoms in total. The van der Waals surface area contributed by atoms with Crippen molar-refractivity contribution in [3.63, 3.8) is 0 Å². The molecule has 1 fully saturated rings. The quantitative estimate of drug-likeness (QED) is 0.840. The van der Waals surface area contributed by atoms with E-state index in [0.29, 0.717) is 17.3 Å². The van der Waals surface area contributed by atoms with E-state index in [-0.39, 0.29) is 11.9 Å². The number of hydrogen-bond donors (Lipinski definition) is 1. The van der Waals surface area contributed by atoms with Gasteiger partial charge in [0.25, 0.3) is 10.0 Å². The first-order chi connectivity index (χ1) is 12.0. The van der Waals surface area contributed by atoms with Gasteiger partial charge in [-0.3, -0.25) is 4.79 Å². The van der Waals surface area contributed by atoms with Gasteiger partial charge in [0.05, 0.1) is 6.54 Å².